The molecule has 0 bridgehead atoms. The summed E-state index contributed by atoms with van der Waals surface area (Å²) < 4.78 is 29.1. The Balaban J connectivity index is 1.46. The number of aliphatic hydroxyl groups excluding tert-OH is 2. The van der Waals surface area contributed by atoms with Crippen molar-refractivity contribution in [2.45, 2.75) is 45.1 Å². The molecule has 1 aromatic carbocycles. The van der Waals surface area contributed by atoms with E-state index >= 15 is 0 Å². The second kappa shape index (κ2) is 10.6. The Hall–Kier alpha value is -3.35. The molecule has 0 atom stereocenters. The van der Waals surface area contributed by atoms with Gasteiger partial charge in [0.2, 0.25) is 10.0 Å². The summed E-state index contributed by atoms with van der Waals surface area (Å²) in [5, 5.41) is 26.0. The van der Waals surface area contributed by atoms with Crippen LogP contribution in [0.4, 0.5) is 23.0 Å². The number of hydrogen-bond acceptors (Lipinski definition) is 8. The Kier molecular flexibility index (Phi) is 7.45. The lowest BCUT2D eigenvalue weighted by molar-refractivity contribution is 0.102. The molecule has 0 radical (unpaired) electrons. The number of carbonyl (C=O) groups excluding carboxylic acids is 1. The average molecular weight is 571 g/mol. The summed E-state index contributed by atoms with van der Waals surface area (Å²) in [6.07, 6.45) is 6.47. The maximum atomic E-state index is 13.7. The molecule has 1 saturated carbocycles. The summed E-state index contributed by atoms with van der Waals surface area (Å²) in [6, 6.07) is 8.62. The van der Waals surface area contributed by atoms with Crippen molar-refractivity contribution < 1.29 is 23.4 Å². The molecule has 12 heteroatoms. The van der Waals surface area contributed by atoms with E-state index in [9.17, 15) is 18.3 Å². The summed E-state index contributed by atoms with van der Waals surface area (Å²) in [6.45, 7) is 4.70. The number of hydrogen-bond donors (Lipinski definition) is 5. The molecule has 11 nitrogen and oxygen atoms in total. The van der Waals surface area contributed by atoms with Crippen molar-refractivity contribution >= 4 is 49.8 Å². The van der Waals surface area contributed by atoms with Crippen molar-refractivity contribution in [1.29, 1.82) is 0 Å². The Bertz CT molecular complexity index is 1520. The van der Waals surface area contributed by atoms with Gasteiger partial charge in [-0.05, 0) is 75.3 Å². The molecule has 3 heterocycles. The van der Waals surface area contributed by atoms with Crippen LogP contribution in [0.1, 0.15) is 49.9 Å². The van der Waals surface area contributed by atoms with E-state index in [0.29, 0.717) is 34.0 Å². The molecule has 2 fully saturated rings. The third-order valence-electron chi connectivity index (χ3n) is 7.94. The minimum atomic E-state index is -3.72. The van der Waals surface area contributed by atoms with Gasteiger partial charge in [-0.3, -0.25) is 9.52 Å². The van der Waals surface area contributed by atoms with Crippen molar-refractivity contribution in [3.8, 4) is 0 Å². The number of piperidine rings is 1. The number of aliphatic hydroxyl groups is 2. The molecule has 3 aromatic rings. The molecule has 40 heavy (non-hydrogen) atoms. The number of nitrogens with zero attached hydrogens (tertiary/aromatic N) is 3. The van der Waals surface area contributed by atoms with Crippen LogP contribution >= 0.6 is 0 Å². The van der Waals surface area contributed by atoms with Gasteiger partial charge in [-0.25, -0.2) is 13.4 Å². The lowest BCUT2D eigenvalue weighted by Gasteiger charge is -2.35. The van der Waals surface area contributed by atoms with Gasteiger partial charge in [0, 0.05) is 31.7 Å². The smallest absolute Gasteiger partial charge is 0.258 e. The number of sulfonamides is 1. The largest absolute Gasteiger partial charge is 0.395 e. The number of carbonyl (C=O) groups is 1. The summed E-state index contributed by atoms with van der Waals surface area (Å²) in [5.41, 5.74) is 2.05. The summed E-state index contributed by atoms with van der Waals surface area (Å²) >= 11 is 0. The third-order valence-corrected chi connectivity index (χ3v) is 9.21. The molecule has 0 unspecified atom stereocenters. The average Bonchev–Trinajstić information content (AvgIpc) is 3.54. The first-order valence-corrected chi connectivity index (χ1v) is 15.3. The number of aromatic nitrogens is 2. The van der Waals surface area contributed by atoms with Crippen LogP contribution in [0.2, 0.25) is 0 Å². The van der Waals surface area contributed by atoms with Crippen LogP contribution in [-0.4, -0.2) is 71.7 Å². The number of amides is 1. The van der Waals surface area contributed by atoms with Crippen molar-refractivity contribution in [2.24, 2.45) is 12.5 Å². The second-order valence-electron chi connectivity index (χ2n) is 11.7. The van der Waals surface area contributed by atoms with Gasteiger partial charge in [0.1, 0.15) is 5.82 Å². The summed E-state index contributed by atoms with van der Waals surface area (Å²) in [4.78, 5) is 20.5. The van der Waals surface area contributed by atoms with Gasteiger partial charge in [-0.15, -0.1) is 0 Å². The van der Waals surface area contributed by atoms with E-state index in [4.69, 9.17) is 5.11 Å². The minimum Gasteiger partial charge on any atom is -0.395 e. The number of fused-ring (bicyclic) bond motifs is 1. The van der Waals surface area contributed by atoms with E-state index < -0.39 is 27.9 Å². The highest BCUT2D eigenvalue weighted by Gasteiger charge is 2.44. The molecule has 1 saturated heterocycles. The first-order chi connectivity index (χ1) is 18.9. The van der Waals surface area contributed by atoms with Gasteiger partial charge >= 0.3 is 0 Å². The van der Waals surface area contributed by atoms with Crippen molar-refractivity contribution in [1.82, 2.24) is 9.55 Å². The first-order valence-electron chi connectivity index (χ1n) is 13.6. The number of aryl methyl sites for hydroxylation is 1. The molecule has 1 spiro atoms. The number of nitrogens with one attached hydrogen (secondary N) is 3. The van der Waals surface area contributed by atoms with E-state index in [2.05, 4.69) is 25.2 Å². The topological polar surface area (TPSA) is 149 Å². The second-order valence-corrected chi connectivity index (χ2v) is 13.5. The highest BCUT2D eigenvalue weighted by atomic mass is 32.2. The van der Waals surface area contributed by atoms with E-state index in [1.807, 2.05) is 37.7 Å². The predicted molar refractivity (Wildman–Crippen MR) is 158 cm³/mol. The van der Waals surface area contributed by atoms with E-state index in [-0.39, 0.29) is 12.5 Å². The standard InChI is InChI=1S/C28H38N6O5S/c1-27(2,18-36)31-25-24-19(6-11-33(24)3)16-23(29-25)30-26(37)21-5-4-20(32-40(38,39)15-14-35)17-22(21)34-12-9-28(7-8-28)10-13-34/h4-6,11,16-17,32,35-36H,7-10,12-15,18H2,1-3H3,(H2,29,30,31,37). The fourth-order valence-electron chi connectivity index (χ4n) is 5.32. The zero-order chi connectivity index (χ0) is 28.7. The van der Waals surface area contributed by atoms with Gasteiger partial charge < -0.3 is 30.3 Å². The lowest BCUT2D eigenvalue weighted by Crippen LogP contribution is -2.36. The molecule has 1 aliphatic heterocycles. The van der Waals surface area contributed by atoms with Crippen LogP contribution in [0.25, 0.3) is 10.9 Å². The Morgan fingerprint density at radius 3 is 2.48 bits per heavy atom. The zero-order valence-electron chi connectivity index (χ0n) is 23.2. The molecule has 1 aliphatic carbocycles. The summed E-state index contributed by atoms with van der Waals surface area (Å²) in [5.74, 6) is 0.128. The van der Waals surface area contributed by atoms with Crippen LogP contribution in [-0.2, 0) is 17.1 Å². The highest BCUT2D eigenvalue weighted by Crippen LogP contribution is 2.54. The van der Waals surface area contributed by atoms with Crippen LogP contribution in [0.15, 0.2) is 36.5 Å². The van der Waals surface area contributed by atoms with Gasteiger partial charge in [-0.1, -0.05) is 0 Å². The van der Waals surface area contributed by atoms with E-state index in [1.54, 1.807) is 24.3 Å². The number of benzene rings is 1. The zero-order valence-corrected chi connectivity index (χ0v) is 24.0. The van der Waals surface area contributed by atoms with Crippen LogP contribution < -0.4 is 20.3 Å². The maximum Gasteiger partial charge on any atom is 0.258 e. The Morgan fingerprint density at radius 2 is 1.82 bits per heavy atom. The van der Waals surface area contributed by atoms with Gasteiger partial charge in [0.05, 0.1) is 47.0 Å². The highest BCUT2D eigenvalue weighted by molar-refractivity contribution is 7.92. The monoisotopic (exact) mass is 570 g/mol. The van der Waals surface area contributed by atoms with Gasteiger partial charge in [0.25, 0.3) is 5.91 Å². The molecule has 5 N–H and O–H groups in total. The van der Waals surface area contributed by atoms with Crippen LogP contribution in [0, 0.1) is 5.41 Å². The van der Waals surface area contributed by atoms with Crippen molar-refractivity contribution in [2.75, 3.05) is 52.3 Å². The number of pyridine rings is 1. The molecular formula is C28H38N6O5S. The SMILES string of the molecule is Cn1ccc2cc(NC(=O)c3ccc(NS(=O)(=O)CCO)cc3N3CCC4(CC3)CC4)nc(NC(C)(C)CO)c21. The first kappa shape index (κ1) is 28.2. The minimum absolute atomic E-state index is 0.105. The summed E-state index contributed by atoms with van der Waals surface area (Å²) in [7, 11) is -1.81. The van der Waals surface area contributed by atoms with Crippen molar-refractivity contribution in [3.63, 3.8) is 0 Å². The molecule has 1 amide bonds. The van der Waals surface area contributed by atoms with Gasteiger partial charge in [0.15, 0.2) is 5.82 Å². The van der Waals surface area contributed by atoms with E-state index in [0.717, 1.165) is 36.8 Å². The molecule has 216 valence electrons. The predicted octanol–water partition coefficient (Wildman–Crippen LogP) is 3.12. The molecule has 2 aliphatic rings. The van der Waals surface area contributed by atoms with E-state index in [1.165, 1.54) is 12.8 Å². The fraction of sp³-hybridized carbons (Fsp3) is 0.500. The van der Waals surface area contributed by atoms with Crippen LogP contribution in [0.3, 0.4) is 0 Å². The van der Waals surface area contributed by atoms with Crippen LogP contribution in [0.5, 0.6) is 0 Å². The Morgan fingerprint density at radius 1 is 1.10 bits per heavy atom. The lowest BCUT2D eigenvalue weighted by atomic mass is 9.93. The maximum absolute atomic E-state index is 13.7. The quantitative estimate of drug-likeness (QED) is 0.250. The molecular weight excluding hydrogens is 532 g/mol. The molecule has 5 rings (SSSR count). The Labute approximate surface area is 234 Å². The molecule has 2 aromatic heterocycles. The normalized spacial score (nSPS) is 16.8. The van der Waals surface area contributed by atoms with Gasteiger partial charge in [-0.2, -0.15) is 0 Å². The van der Waals surface area contributed by atoms with Crippen molar-refractivity contribution in [3.05, 3.63) is 42.1 Å². The number of rotatable bonds is 10. The third kappa shape index (κ3) is 6.03. The fourth-order valence-corrected chi connectivity index (χ4v) is 6.14. The number of anilines is 4.